The van der Waals surface area contributed by atoms with E-state index < -0.39 is 26.5 Å². The number of nitrogens with zero attached hydrogens (tertiary/aromatic N) is 1. The molecule has 0 aromatic carbocycles. The number of ether oxygens (including phenoxy) is 2. The molecule has 0 spiro atoms. The van der Waals surface area contributed by atoms with Crippen molar-refractivity contribution in [2.45, 2.75) is 219 Å². The number of hydrogen-bond donors (Lipinski definition) is 0. The molecule has 2 unspecified atom stereocenters. The van der Waals surface area contributed by atoms with Crippen molar-refractivity contribution in [2.75, 3.05) is 47.5 Å². The highest BCUT2D eigenvalue weighted by atomic mass is 31.2. The van der Waals surface area contributed by atoms with Gasteiger partial charge in [0.05, 0.1) is 27.7 Å². The van der Waals surface area contributed by atoms with Gasteiger partial charge in [0.2, 0.25) is 0 Å². The molecular weight excluding hydrogens is 689 g/mol. The second-order valence-corrected chi connectivity index (χ2v) is 17.8. The summed E-state index contributed by atoms with van der Waals surface area (Å²) in [6.45, 7) is 4.25. The van der Waals surface area contributed by atoms with Crippen LogP contribution < -0.4 is 4.89 Å². The van der Waals surface area contributed by atoms with Gasteiger partial charge in [0, 0.05) is 12.8 Å². The summed E-state index contributed by atoms with van der Waals surface area (Å²) in [5, 5.41) is 0. The topological polar surface area (TPSA) is 111 Å². The fraction of sp³-hybridized carbons (Fsp3) is 0.953. The normalized spacial score (nSPS) is 13.5. The maximum atomic E-state index is 12.7. The van der Waals surface area contributed by atoms with E-state index >= 15 is 0 Å². The van der Waals surface area contributed by atoms with E-state index in [1.54, 1.807) is 0 Å². The molecule has 0 bridgehead atoms. The number of carbonyl (C=O) groups excluding carboxylic acids is 2. The van der Waals surface area contributed by atoms with Gasteiger partial charge in [0.25, 0.3) is 7.82 Å². The molecule has 316 valence electrons. The van der Waals surface area contributed by atoms with E-state index in [-0.39, 0.29) is 32.0 Å². The Morgan fingerprint density at radius 2 is 0.849 bits per heavy atom. The number of phosphoric ester groups is 1. The molecule has 0 aromatic rings. The van der Waals surface area contributed by atoms with Crippen LogP contribution in [0.4, 0.5) is 0 Å². The number of rotatable bonds is 41. The van der Waals surface area contributed by atoms with E-state index in [4.69, 9.17) is 18.5 Å². The molecule has 0 aromatic heterocycles. The lowest BCUT2D eigenvalue weighted by molar-refractivity contribution is -0.870. The highest BCUT2D eigenvalue weighted by Gasteiger charge is 2.21. The molecule has 0 radical (unpaired) electrons. The molecule has 0 aliphatic rings. The predicted octanol–water partition coefficient (Wildman–Crippen LogP) is 11.8. The molecule has 10 heteroatoms. The minimum atomic E-state index is -4.61. The fourth-order valence-electron chi connectivity index (χ4n) is 6.36. The van der Waals surface area contributed by atoms with E-state index in [9.17, 15) is 19.0 Å². The third-order valence-electron chi connectivity index (χ3n) is 9.88. The molecule has 0 aliphatic carbocycles. The number of esters is 2. The molecule has 0 N–H and O–H groups in total. The fourth-order valence-corrected chi connectivity index (χ4v) is 7.09. The van der Waals surface area contributed by atoms with Crippen molar-refractivity contribution < 1.29 is 42.1 Å². The van der Waals surface area contributed by atoms with Gasteiger partial charge >= 0.3 is 11.9 Å². The van der Waals surface area contributed by atoms with Crippen LogP contribution in [0.25, 0.3) is 0 Å². The summed E-state index contributed by atoms with van der Waals surface area (Å²) in [6.07, 6.45) is 35.5. The molecule has 0 rings (SSSR count). The van der Waals surface area contributed by atoms with E-state index in [1.165, 1.54) is 148 Å². The summed E-state index contributed by atoms with van der Waals surface area (Å²) in [5.41, 5.74) is 0. The molecule has 53 heavy (non-hydrogen) atoms. The van der Waals surface area contributed by atoms with Crippen LogP contribution in [0.3, 0.4) is 0 Å². The van der Waals surface area contributed by atoms with E-state index in [0.717, 1.165) is 32.1 Å². The van der Waals surface area contributed by atoms with Gasteiger partial charge in [-0.3, -0.25) is 14.2 Å². The van der Waals surface area contributed by atoms with Crippen molar-refractivity contribution in [1.82, 2.24) is 0 Å². The van der Waals surface area contributed by atoms with Gasteiger partial charge in [-0.25, -0.2) is 0 Å². The predicted molar refractivity (Wildman–Crippen MR) is 218 cm³/mol. The van der Waals surface area contributed by atoms with Crippen molar-refractivity contribution in [3.8, 4) is 0 Å². The van der Waals surface area contributed by atoms with Crippen molar-refractivity contribution >= 4 is 19.8 Å². The van der Waals surface area contributed by atoms with Crippen LogP contribution in [-0.4, -0.2) is 70.0 Å². The molecule has 0 fully saturated rings. The van der Waals surface area contributed by atoms with Crippen LogP contribution >= 0.6 is 7.82 Å². The third kappa shape index (κ3) is 40.5. The van der Waals surface area contributed by atoms with E-state index in [1.807, 2.05) is 21.1 Å². The lowest BCUT2D eigenvalue weighted by atomic mass is 10.0. The first kappa shape index (κ1) is 52.0. The first-order chi connectivity index (χ1) is 25.5. The summed E-state index contributed by atoms with van der Waals surface area (Å²) in [4.78, 5) is 37.5. The summed E-state index contributed by atoms with van der Waals surface area (Å²) < 4.78 is 33.9. The standard InChI is InChI=1S/C43H86NO8P/c1-6-8-10-12-14-16-18-19-20-21-22-23-24-26-28-30-32-34-36-43(46)52-41(40-51-53(47,48)50-38-37-44(3,4)5)39-49-42(45)35-33-31-29-27-25-17-15-13-11-9-7-2/h41H,6-40H2,1-5H3. The molecule has 2 atom stereocenters. The zero-order valence-electron chi connectivity index (χ0n) is 35.5. The van der Waals surface area contributed by atoms with Crippen molar-refractivity contribution in [2.24, 2.45) is 0 Å². The zero-order valence-corrected chi connectivity index (χ0v) is 36.4. The smallest absolute Gasteiger partial charge is 0.306 e. The van der Waals surface area contributed by atoms with E-state index in [2.05, 4.69) is 13.8 Å². The minimum absolute atomic E-state index is 0.0258. The lowest BCUT2D eigenvalue weighted by Crippen LogP contribution is -2.37. The van der Waals surface area contributed by atoms with Gasteiger partial charge in [-0.2, -0.15) is 0 Å². The Balaban J connectivity index is 4.27. The maximum absolute atomic E-state index is 12.7. The third-order valence-corrected chi connectivity index (χ3v) is 10.8. The van der Waals surface area contributed by atoms with Crippen LogP contribution in [0.1, 0.15) is 213 Å². The first-order valence-electron chi connectivity index (χ1n) is 22.2. The summed E-state index contributed by atoms with van der Waals surface area (Å²) in [5.74, 6) is -0.821. The Morgan fingerprint density at radius 1 is 0.509 bits per heavy atom. The number of quaternary nitrogens is 1. The van der Waals surface area contributed by atoms with Crippen LogP contribution in [0.15, 0.2) is 0 Å². The van der Waals surface area contributed by atoms with Crippen LogP contribution in [0.2, 0.25) is 0 Å². The quantitative estimate of drug-likeness (QED) is 0.0261. The van der Waals surface area contributed by atoms with Gasteiger partial charge in [0.1, 0.15) is 19.8 Å². The Bertz CT molecular complexity index is 881. The van der Waals surface area contributed by atoms with E-state index in [0.29, 0.717) is 17.4 Å². The molecule has 0 heterocycles. The first-order valence-corrected chi connectivity index (χ1v) is 23.7. The van der Waals surface area contributed by atoms with Crippen molar-refractivity contribution in [3.63, 3.8) is 0 Å². The zero-order chi connectivity index (χ0) is 39.3. The molecule has 0 aliphatic heterocycles. The Kier molecular flexibility index (Phi) is 36.0. The second kappa shape index (κ2) is 36.6. The summed E-state index contributed by atoms with van der Waals surface area (Å²) in [7, 11) is 1.18. The highest BCUT2D eigenvalue weighted by molar-refractivity contribution is 7.45. The number of phosphoric acid groups is 1. The average molecular weight is 776 g/mol. The molecule has 0 amide bonds. The van der Waals surface area contributed by atoms with Crippen molar-refractivity contribution in [1.29, 1.82) is 0 Å². The van der Waals surface area contributed by atoms with Gasteiger partial charge in [-0.15, -0.1) is 0 Å². The second-order valence-electron chi connectivity index (χ2n) is 16.4. The van der Waals surface area contributed by atoms with Gasteiger partial charge in [-0.1, -0.05) is 187 Å². The van der Waals surface area contributed by atoms with Gasteiger partial charge in [-0.05, 0) is 12.8 Å². The molecular formula is C43H86NO8P. The summed E-state index contributed by atoms with van der Waals surface area (Å²) in [6, 6.07) is 0. The molecule has 0 saturated carbocycles. The Morgan fingerprint density at radius 3 is 1.21 bits per heavy atom. The van der Waals surface area contributed by atoms with Crippen LogP contribution in [-0.2, 0) is 32.7 Å². The molecule has 0 saturated heterocycles. The highest BCUT2D eigenvalue weighted by Crippen LogP contribution is 2.38. The largest absolute Gasteiger partial charge is 0.756 e. The number of unbranched alkanes of at least 4 members (excludes halogenated alkanes) is 27. The Labute approximate surface area is 327 Å². The number of likely N-dealkylation sites (N-methyl/N-ethyl adjacent to an activating group) is 1. The Hall–Kier alpha value is -0.990. The lowest BCUT2D eigenvalue weighted by Gasteiger charge is -2.28. The molecule has 9 nitrogen and oxygen atoms in total. The average Bonchev–Trinajstić information content (AvgIpc) is 3.10. The number of hydrogen-bond acceptors (Lipinski definition) is 8. The van der Waals surface area contributed by atoms with Crippen LogP contribution in [0, 0.1) is 0 Å². The SMILES string of the molecule is CCCCCCCCCCCCCCCCCCCCC(=O)OC(COC(=O)CCCCCCCCCCCCC)COP(=O)([O-])OCC[N+](C)(C)C. The number of carbonyl (C=O) groups is 2. The van der Waals surface area contributed by atoms with Crippen LogP contribution in [0.5, 0.6) is 0 Å². The maximum Gasteiger partial charge on any atom is 0.306 e. The van der Waals surface area contributed by atoms with Gasteiger partial charge in [0.15, 0.2) is 6.10 Å². The monoisotopic (exact) mass is 776 g/mol. The van der Waals surface area contributed by atoms with Crippen molar-refractivity contribution in [3.05, 3.63) is 0 Å². The van der Waals surface area contributed by atoms with Gasteiger partial charge < -0.3 is 27.9 Å². The summed E-state index contributed by atoms with van der Waals surface area (Å²) >= 11 is 0. The minimum Gasteiger partial charge on any atom is -0.756 e.